The number of rotatable bonds is 5. The zero-order chi connectivity index (χ0) is 36.6. The summed E-state index contributed by atoms with van der Waals surface area (Å²) in [5.41, 5.74) is 15.8. The first-order valence-electron chi connectivity index (χ1n) is 18.4. The van der Waals surface area contributed by atoms with E-state index in [0.29, 0.717) is 11.7 Å². The van der Waals surface area contributed by atoms with Gasteiger partial charge in [0.15, 0.2) is 5.82 Å². The third kappa shape index (κ3) is 6.02. The quantitative estimate of drug-likeness (QED) is 0.167. The largest absolute Gasteiger partial charge is 0.354 e. The fourth-order valence-corrected chi connectivity index (χ4v) is 7.62. The number of pyridine rings is 1. The summed E-state index contributed by atoms with van der Waals surface area (Å²) in [5.74, 6) is 1.32. The van der Waals surface area contributed by atoms with E-state index < -0.39 is 0 Å². The number of hydrogen-bond donors (Lipinski definition) is 3. The molecule has 2 aliphatic rings. The molecule has 0 saturated heterocycles. The van der Waals surface area contributed by atoms with Crippen molar-refractivity contribution in [1.82, 2.24) is 19.9 Å². The molecule has 0 fully saturated rings. The molecule has 6 heterocycles. The van der Waals surface area contributed by atoms with Gasteiger partial charge in [-0.3, -0.25) is 0 Å². The highest BCUT2D eigenvalue weighted by molar-refractivity contribution is 6.20. The second-order valence-electron chi connectivity index (χ2n) is 13.5. The first-order chi connectivity index (χ1) is 27.3. The lowest BCUT2D eigenvalue weighted by Crippen LogP contribution is -2.09. The molecule has 10 rings (SSSR count). The SMILES string of the molecule is C1=Cc2nc1c(-c1ccccc1)c1ccc([nH]1)c(-c1ccccc1)c1cc(c(-c3ccccc3)c3ccc([nH]3)c2-c2ccccc2)/C(=N/c2ccccn2)N1. The Morgan fingerprint density at radius 3 is 1.35 bits per heavy atom. The van der Waals surface area contributed by atoms with Gasteiger partial charge in [0.25, 0.3) is 0 Å². The number of nitrogens with one attached hydrogen (secondary N) is 3. The second kappa shape index (κ2) is 13.8. The smallest absolute Gasteiger partial charge is 0.154 e. The maximum atomic E-state index is 5.39. The van der Waals surface area contributed by atoms with Crippen LogP contribution in [0, 0.1) is 0 Å². The Labute approximate surface area is 318 Å². The molecule has 0 amide bonds. The molecule has 55 heavy (non-hydrogen) atoms. The third-order valence-corrected chi connectivity index (χ3v) is 10.1. The zero-order valence-electron chi connectivity index (χ0n) is 29.7. The van der Waals surface area contributed by atoms with Gasteiger partial charge < -0.3 is 15.3 Å². The highest BCUT2D eigenvalue weighted by Crippen LogP contribution is 2.40. The van der Waals surface area contributed by atoms with E-state index in [1.165, 1.54) is 0 Å². The molecule has 0 aliphatic carbocycles. The van der Waals surface area contributed by atoms with Gasteiger partial charge in [-0.05, 0) is 76.9 Å². The van der Waals surface area contributed by atoms with Gasteiger partial charge in [-0.1, -0.05) is 127 Å². The molecule has 8 aromatic rings. The van der Waals surface area contributed by atoms with Crippen molar-refractivity contribution in [2.45, 2.75) is 0 Å². The van der Waals surface area contributed by atoms with Crippen LogP contribution in [0.2, 0.25) is 0 Å². The van der Waals surface area contributed by atoms with E-state index in [9.17, 15) is 0 Å². The molecule has 8 bridgehead atoms. The van der Waals surface area contributed by atoms with Crippen molar-refractivity contribution < 1.29 is 0 Å². The van der Waals surface area contributed by atoms with Crippen LogP contribution >= 0.6 is 0 Å². The Morgan fingerprint density at radius 2 is 0.855 bits per heavy atom. The number of anilines is 1. The van der Waals surface area contributed by atoms with Gasteiger partial charge in [0.05, 0.1) is 17.1 Å². The molecule has 0 radical (unpaired) electrons. The predicted octanol–water partition coefficient (Wildman–Crippen LogP) is 12.3. The van der Waals surface area contributed by atoms with Crippen molar-refractivity contribution in [3.8, 4) is 44.5 Å². The van der Waals surface area contributed by atoms with Gasteiger partial charge in [0, 0.05) is 56.1 Å². The van der Waals surface area contributed by atoms with Crippen LogP contribution in [-0.4, -0.2) is 25.8 Å². The number of nitrogens with zero attached hydrogens (tertiary/aromatic N) is 3. The van der Waals surface area contributed by atoms with Gasteiger partial charge in [0.2, 0.25) is 0 Å². The molecule has 3 N–H and O–H groups in total. The summed E-state index contributed by atoms with van der Waals surface area (Å²) >= 11 is 0. The fraction of sp³-hybridized carbons (Fsp3) is 0. The average molecular weight is 707 g/mol. The molecular formula is C49H34N6. The average Bonchev–Trinajstić information content (AvgIpc) is 4.08. The number of amidine groups is 1. The zero-order valence-corrected chi connectivity index (χ0v) is 29.7. The molecule has 0 spiro atoms. The Bertz CT molecular complexity index is 2910. The normalized spacial score (nSPS) is 12.8. The van der Waals surface area contributed by atoms with Gasteiger partial charge in [0.1, 0.15) is 5.84 Å². The maximum absolute atomic E-state index is 5.39. The van der Waals surface area contributed by atoms with Crippen molar-refractivity contribution in [2.75, 3.05) is 5.32 Å². The highest BCUT2D eigenvalue weighted by Gasteiger charge is 2.23. The van der Waals surface area contributed by atoms with E-state index in [4.69, 9.17) is 9.98 Å². The van der Waals surface area contributed by atoms with Gasteiger partial charge in [-0.15, -0.1) is 0 Å². The van der Waals surface area contributed by atoms with E-state index in [0.717, 1.165) is 89.2 Å². The van der Waals surface area contributed by atoms with Crippen LogP contribution in [0.15, 0.2) is 181 Å². The molecular weight excluding hydrogens is 673 g/mol. The number of benzene rings is 4. The van der Waals surface area contributed by atoms with E-state index >= 15 is 0 Å². The van der Waals surface area contributed by atoms with Crippen molar-refractivity contribution >= 4 is 51.6 Å². The van der Waals surface area contributed by atoms with Crippen molar-refractivity contribution in [2.24, 2.45) is 4.99 Å². The molecule has 0 atom stereocenters. The van der Waals surface area contributed by atoms with E-state index in [-0.39, 0.29) is 0 Å². The lowest BCUT2D eigenvalue weighted by Gasteiger charge is -2.09. The molecule has 4 aromatic carbocycles. The minimum atomic E-state index is 0.616. The molecule has 2 aliphatic heterocycles. The third-order valence-electron chi connectivity index (χ3n) is 10.1. The summed E-state index contributed by atoms with van der Waals surface area (Å²) in [6, 6.07) is 58.7. The summed E-state index contributed by atoms with van der Waals surface area (Å²) < 4.78 is 0. The maximum Gasteiger partial charge on any atom is 0.154 e. The summed E-state index contributed by atoms with van der Waals surface area (Å²) in [7, 11) is 0. The Morgan fingerprint density at radius 1 is 0.418 bits per heavy atom. The molecule has 0 saturated carbocycles. The number of hydrogen-bond acceptors (Lipinski definition) is 3. The minimum Gasteiger partial charge on any atom is -0.354 e. The Balaban J connectivity index is 1.42. The van der Waals surface area contributed by atoms with E-state index in [1.807, 2.05) is 42.5 Å². The van der Waals surface area contributed by atoms with Crippen LogP contribution in [0.5, 0.6) is 0 Å². The first-order valence-corrected chi connectivity index (χ1v) is 18.4. The van der Waals surface area contributed by atoms with Crippen molar-refractivity contribution in [3.63, 3.8) is 0 Å². The van der Waals surface area contributed by atoms with Gasteiger partial charge in [-0.25, -0.2) is 15.0 Å². The van der Waals surface area contributed by atoms with Crippen LogP contribution in [-0.2, 0) is 0 Å². The number of fused-ring (bicyclic) bond motifs is 8. The first kappa shape index (κ1) is 32.1. The molecule has 4 aromatic heterocycles. The van der Waals surface area contributed by atoms with Crippen LogP contribution in [0.4, 0.5) is 11.5 Å². The fourth-order valence-electron chi connectivity index (χ4n) is 7.62. The summed E-state index contributed by atoms with van der Waals surface area (Å²) in [6.07, 6.45) is 6.04. The molecule has 6 nitrogen and oxygen atoms in total. The second-order valence-corrected chi connectivity index (χ2v) is 13.5. The lowest BCUT2D eigenvalue weighted by molar-refractivity contribution is 1.27. The standard InChI is InChI=1S/C49H34N6/c1-5-15-32(16-6-1)45-36-31-43(54-49(36)55-44-23-13-14-30-50-44)48(35-21-11-4-12-22-35)42-29-28-41(53-42)47(34-19-9-3-10-20-34)40-27-26-39(52-40)46(33-17-7-2-8-18-33)38-25-24-37(45)51-38/h1-31,51,53H,(H,50,54,55). The highest BCUT2D eigenvalue weighted by atomic mass is 15.1. The number of H-pyrrole nitrogens is 2. The van der Waals surface area contributed by atoms with Crippen molar-refractivity contribution in [1.29, 1.82) is 0 Å². The topological polar surface area (TPSA) is 81.8 Å². The number of aromatic nitrogens is 4. The summed E-state index contributed by atoms with van der Waals surface area (Å²) in [4.78, 5) is 22.9. The molecule has 6 heteroatoms. The van der Waals surface area contributed by atoms with Crippen LogP contribution < -0.4 is 5.32 Å². The summed E-state index contributed by atoms with van der Waals surface area (Å²) in [6.45, 7) is 0. The lowest BCUT2D eigenvalue weighted by atomic mass is 10.00. The van der Waals surface area contributed by atoms with Gasteiger partial charge in [-0.2, -0.15) is 0 Å². The van der Waals surface area contributed by atoms with Crippen molar-refractivity contribution in [3.05, 3.63) is 193 Å². The number of aromatic amines is 2. The van der Waals surface area contributed by atoms with Crippen LogP contribution in [0.3, 0.4) is 0 Å². The minimum absolute atomic E-state index is 0.616. The van der Waals surface area contributed by atoms with Gasteiger partial charge >= 0.3 is 0 Å². The monoisotopic (exact) mass is 706 g/mol. The Kier molecular flexibility index (Phi) is 8.04. The predicted molar refractivity (Wildman–Crippen MR) is 228 cm³/mol. The van der Waals surface area contributed by atoms with Crippen LogP contribution in [0.25, 0.3) is 78.7 Å². The summed E-state index contributed by atoms with van der Waals surface area (Å²) in [5, 5.41) is 3.78. The Hall–Kier alpha value is -7.57. The number of aliphatic imine (C=N–C) groups is 1. The van der Waals surface area contributed by atoms with E-state index in [2.05, 4.69) is 160 Å². The molecule has 0 unspecified atom stereocenters. The van der Waals surface area contributed by atoms with E-state index in [1.54, 1.807) is 6.20 Å². The molecule has 260 valence electrons. The van der Waals surface area contributed by atoms with Crippen LogP contribution in [0.1, 0.15) is 17.0 Å².